The van der Waals surface area contributed by atoms with Crippen LogP contribution in [0.15, 0.2) is 29.3 Å². The SMILES string of the molecule is CCNC(=NCC(C(C)C)N1CCOCC1)NCCc1ccc(NC(C)=O)cc1.I. The van der Waals surface area contributed by atoms with Gasteiger partial charge in [-0.1, -0.05) is 26.0 Å². The first-order chi connectivity index (χ1) is 14.0. The predicted molar refractivity (Wildman–Crippen MR) is 135 cm³/mol. The van der Waals surface area contributed by atoms with Crippen molar-refractivity contribution >= 4 is 41.5 Å². The molecule has 8 heteroatoms. The van der Waals surface area contributed by atoms with E-state index in [1.54, 1.807) is 0 Å². The summed E-state index contributed by atoms with van der Waals surface area (Å²) >= 11 is 0. The lowest BCUT2D eigenvalue weighted by Crippen LogP contribution is -2.48. The zero-order valence-electron chi connectivity index (χ0n) is 18.7. The van der Waals surface area contributed by atoms with E-state index in [0.29, 0.717) is 12.0 Å². The smallest absolute Gasteiger partial charge is 0.221 e. The molecule has 1 amide bonds. The molecule has 170 valence electrons. The summed E-state index contributed by atoms with van der Waals surface area (Å²) in [5.74, 6) is 1.35. The molecule has 1 fully saturated rings. The Morgan fingerprint density at radius 2 is 1.83 bits per heavy atom. The van der Waals surface area contributed by atoms with E-state index < -0.39 is 0 Å². The third kappa shape index (κ3) is 9.61. The minimum Gasteiger partial charge on any atom is -0.379 e. The number of ether oxygens (including phenoxy) is 1. The lowest BCUT2D eigenvalue weighted by Gasteiger charge is -2.36. The molecule has 1 unspecified atom stereocenters. The quantitative estimate of drug-likeness (QED) is 0.260. The molecule has 0 saturated carbocycles. The van der Waals surface area contributed by atoms with Crippen molar-refractivity contribution < 1.29 is 9.53 Å². The molecular formula is C22H38IN5O2. The average molecular weight is 531 g/mol. The fourth-order valence-corrected chi connectivity index (χ4v) is 3.47. The van der Waals surface area contributed by atoms with E-state index in [0.717, 1.165) is 64.0 Å². The van der Waals surface area contributed by atoms with Crippen LogP contribution >= 0.6 is 24.0 Å². The van der Waals surface area contributed by atoms with E-state index in [9.17, 15) is 4.79 Å². The zero-order chi connectivity index (χ0) is 21.1. The molecule has 3 N–H and O–H groups in total. The van der Waals surface area contributed by atoms with Gasteiger partial charge in [-0.25, -0.2) is 0 Å². The third-order valence-electron chi connectivity index (χ3n) is 5.05. The van der Waals surface area contributed by atoms with Gasteiger partial charge in [-0.15, -0.1) is 24.0 Å². The first kappa shape index (κ1) is 26.6. The largest absolute Gasteiger partial charge is 0.379 e. The highest BCUT2D eigenvalue weighted by atomic mass is 127. The number of morpholine rings is 1. The van der Waals surface area contributed by atoms with Crippen molar-refractivity contribution in [2.24, 2.45) is 10.9 Å². The topological polar surface area (TPSA) is 78.0 Å². The molecule has 2 rings (SSSR count). The van der Waals surface area contributed by atoms with E-state index in [2.05, 4.69) is 41.6 Å². The third-order valence-corrected chi connectivity index (χ3v) is 5.05. The van der Waals surface area contributed by atoms with Gasteiger partial charge in [0.1, 0.15) is 0 Å². The van der Waals surface area contributed by atoms with Gasteiger partial charge < -0.3 is 20.7 Å². The molecule has 30 heavy (non-hydrogen) atoms. The molecule has 1 aromatic rings. The molecule has 1 atom stereocenters. The summed E-state index contributed by atoms with van der Waals surface area (Å²) < 4.78 is 5.49. The van der Waals surface area contributed by atoms with Crippen LogP contribution in [-0.4, -0.2) is 68.7 Å². The predicted octanol–water partition coefficient (Wildman–Crippen LogP) is 2.72. The number of carbonyl (C=O) groups is 1. The first-order valence-corrected chi connectivity index (χ1v) is 10.7. The van der Waals surface area contributed by atoms with Crippen LogP contribution in [-0.2, 0) is 16.0 Å². The van der Waals surface area contributed by atoms with E-state index in [4.69, 9.17) is 9.73 Å². The minimum absolute atomic E-state index is 0. The Kier molecular flexibility index (Phi) is 13.0. The highest BCUT2D eigenvalue weighted by Gasteiger charge is 2.23. The summed E-state index contributed by atoms with van der Waals surface area (Å²) in [7, 11) is 0. The number of nitrogens with one attached hydrogen (secondary N) is 3. The number of rotatable bonds is 9. The van der Waals surface area contributed by atoms with Gasteiger partial charge in [0.2, 0.25) is 5.91 Å². The number of anilines is 1. The van der Waals surface area contributed by atoms with Gasteiger partial charge in [0.15, 0.2) is 5.96 Å². The Balaban J connectivity index is 0.00000450. The Morgan fingerprint density at radius 1 is 1.17 bits per heavy atom. The lowest BCUT2D eigenvalue weighted by atomic mass is 10.0. The average Bonchev–Trinajstić information content (AvgIpc) is 2.69. The molecule has 1 aliphatic heterocycles. The normalized spacial score (nSPS) is 16.0. The summed E-state index contributed by atoms with van der Waals surface area (Å²) in [6.07, 6.45) is 0.891. The number of hydrogen-bond acceptors (Lipinski definition) is 4. The zero-order valence-corrected chi connectivity index (χ0v) is 21.1. The second kappa shape index (κ2) is 14.6. The van der Waals surface area contributed by atoms with Gasteiger partial charge in [0.25, 0.3) is 0 Å². The maximum Gasteiger partial charge on any atom is 0.221 e. The van der Waals surface area contributed by atoms with Crippen LogP contribution in [0.2, 0.25) is 0 Å². The van der Waals surface area contributed by atoms with E-state index >= 15 is 0 Å². The van der Waals surface area contributed by atoms with Crippen LogP contribution in [0.3, 0.4) is 0 Å². The fraction of sp³-hybridized carbons (Fsp3) is 0.636. The first-order valence-electron chi connectivity index (χ1n) is 10.7. The second-order valence-corrected chi connectivity index (χ2v) is 7.73. The number of halogens is 1. The van der Waals surface area contributed by atoms with Crippen LogP contribution in [0.4, 0.5) is 5.69 Å². The number of carbonyl (C=O) groups excluding carboxylic acids is 1. The Bertz CT molecular complexity index is 645. The van der Waals surface area contributed by atoms with Crippen LogP contribution in [0.1, 0.15) is 33.3 Å². The second-order valence-electron chi connectivity index (χ2n) is 7.73. The van der Waals surface area contributed by atoms with Crippen LogP contribution in [0, 0.1) is 5.92 Å². The molecule has 1 aromatic carbocycles. The van der Waals surface area contributed by atoms with Crippen molar-refractivity contribution in [3.05, 3.63) is 29.8 Å². The van der Waals surface area contributed by atoms with Gasteiger partial charge >= 0.3 is 0 Å². The number of hydrogen-bond donors (Lipinski definition) is 3. The Hall–Kier alpha value is -1.39. The molecule has 0 aliphatic carbocycles. The summed E-state index contributed by atoms with van der Waals surface area (Å²) in [4.78, 5) is 18.5. The molecule has 7 nitrogen and oxygen atoms in total. The van der Waals surface area contributed by atoms with Gasteiger partial charge in [-0.3, -0.25) is 14.7 Å². The lowest BCUT2D eigenvalue weighted by molar-refractivity contribution is -0.114. The van der Waals surface area contributed by atoms with Crippen molar-refractivity contribution in [3.63, 3.8) is 0 Å². The maximum atomic E-state index is 11.1. The molecule has 0 aromatic heterocycles. The van der Waals surface area contributed by atoms with Crippen LogP contribution in [0.5, 0.6) is 0 Å². The summed E-state index contributed by atoms with van der Waals surface area (Å²) in [5.41, 5.74) is 2.04. The number of aliphatic imine (C=N–C) groups is 1. The van der Waals surface area contributed by atoms with E-state index in [-0.39, 0.29) is 29.9 Å². The molecule has 1 heterocycles. The summed E-state index contributed by atoms with van der Waals surface area (Å²) in [6, 6.07) is 8.39. The van der Waals surface area contributed by atoms with Crippen LogP contribution in [0.25, 0.3) is 0 Å². The van der Waals surface area contributed by atoms with Gasteiger partial charge in [0.05, 0.1) is 19.8 Å². The van der Waals surface area contributed by atoms with Crippen LogP contribution < -0.4 is 16.0 Å². The molecule has 0 bridgehead atoms. The van der Waals surface area contributed by atoms with Crippen molar-refractivity contribution in [1.29, 1.82) is 0 Å². The van der Waals surface area contributed by atoms with Gasteiger partial charge in [0, 0.05) is 44.8 Å². The number of guanidine groups is 1. The number of amides is 1. The molecule has 1 saturated heterocycles. The van der Waals surface area contributed by atoms with Gasteiger partial charge in [-0.2, -0.15) is 0 Å². The Morgan fingerprint density at radius 3 is 2.40 bits per heavy atom. The van der Waals surface area contributed by atoms with Crippen molar-refractivity contribution in [1.82, 2.24) is 15.5 Å². The highest BCUT2D eigenvalue weighted by molar-refractivity contribution is 14.0. The molecule has 0 spiro atoms. The van der Waals surface area contributed by atoms with E-state index in [1.165, 1.54) is 12.5 Å². The van der Waals surface area contributed by atoms with Gasteiger partial charge in [-0.05, 0) is 37.0 Å². The molecule has 0 radical (unpaired) electrons. The van der Waals surface area contributed by atoms with Crippen molar-refractivity contribution in [3.8, 4) is 0 Å². The molecular weight excluding hydrogens is 493 g/mol. The fourth-order valence-electron chi connectivity index (χ4n) is 3.47. The minimum atomic E-state index is -0.0531. The maximum absolute atomic E-state index is 11.1. The van der Waals surface area contributed by atoms with E-state index in [1.807, 2.05) is 24.3 Å². The highest BCUT2D eigenvalue weighted by Crippen LogP contribution is 2.13. The van der Waals surface area contributed by atoms with Crippen molar-refractivity contribution in [2.75, 3.05) is 51.3 Å². The number of benzene rings is 1. The Labute approximate surface area is 198 Å². The van der Waals surface area contributed by atoms with Crippen molar-refractivity contribution in [2.45, 2.75) is 40.2 Å². The molecule has 1 aliphatic rings. The number of nitrogens with zero attached hydrogens (tertiary/aromatic N) is 2. The monoisotopic (exact) mass is 531 g/mol. The standard InChI is InChI=1S/C22H37N5O2.HI/c1-5-23-22(25-16-21(17(2)3)27-12-14-29-15-13-27)24-11-10-19-6-8-20(9-7-19)26-18(4)28;/h6-9,17,21H,5,10-16H2,1-4H3,(H,26,28)(H2,23,24,25);1H. The summed E-state index contributed by atoms with van der Waals surface area (Å²) in [5, 5.41) is 9.58. The summed E-state index contributed by atoms with van der Waals surface area (Å²) in [6.45, 7) is 14.1.